The molecule has 0 spiro atoms. The molecule has 2 aromatic carbocycles. The number of fused-ring (bicyclic) bond motifs is 2. The Kier molecular flexibility index (Phi) is 6.58. The van der Waals surface area contributed by atoms with Crippen molar-refractivity contribution in [1.29, 1.82) is 0 Å². The first-order chi connectivity index (χ1) is 16.9. The van der Waals surface area contributed by atoms with Gasteiger partial charge in [-0.05, 0) is 56.0 Å². The van der Waals surface area contributed by atoms with Crippen molar-refractivity contribution in [3.63, 3.8) is 0 Å². The highest BCUT2D eigenvalue weighted by Gasteiger charge is 2.44. The van der Waals surface area contributed by atoms with E-state index in [1.165, 1.54) is 16.9 Å². The van der Waals surface area contributed by atoms with Crippen LogP contribution in [0.15, 0.2) is 60.3 Å². The minimum atomic E-state index is -0.343. The lowest BCUT2D eigenvalue weighted by Gasteiger charge is -2.27. The molecule has 0 radical (unpaired) electrons. The number of ether oxygens (including phenoxy) is 1. The van der Waals surface area contributed by atoms with Crippen molar-refractivity contribution >= 4 is 22.8 Å². The molecule has 0 atom stereocenters. The molecule has 6 heteroatoms. The van der Waals surface area contributed by atoms with Gasteiger partial charge in [0, 0.05) is 53.2 Å². The second-order valence-corrected chi connectivity index (χ2v) is 11.3. The Morgan fingerprint density at radius 2 is 1.81 bits per heavy atom. The zero-order valence-corrected chi connectivity index (χ0v) is 22.8. The summed E-state index contributed by atoms with van der Waals surface area (Å²) >= 11 is 0. The quantitative estimate of drug-likeness (QED) is 0.242. The van der Waals surface area contributed by atoms with Crippen LogP contribution < -0.4 is 9.64 Å². The van der Waals surface area contributed by atoms with Crippen LogP contribution in [0.1, 0.15) is 59.1 Å². The van der Waals surface area contributed by atoms with E-state index in [0.717, 1.165) is 35.7 Å². The molecule has 2 aliphatic rings. The van der Waals surface area contributed by atoms with Gasteiger partial charge in [0.1, 0.15) is 12.8 Å². The Bertz CT molecular complexity index is 1300. The molecule has 0 amide bonds. The van der Waals surface area contributed by atoms with Crippen LogP contribution in [0.5, 0.6) is 5.75 Å². The zero-order valence-electron chi connectivity index (χ0n) is 22.8. The second kappa shape index (κ2) is 9.23. The lowest BCUT2D eigenvalue weighted by molar-refractivity contribution is -0.402. The monoisotopic (exact) mass is 488 g/mol. The predicted octanol–water partition coefficient (Wildman–Crippen LogP) is 6.89. The molecule has 190 valence electrons. The molecule has 0 aliphatic carbocycles. The van der Waals surface area contributed by atoms with E-state index in [1.54, 1.807) is 19.2 Å². The summed E-state index contributed by atoms with van der Waals surface area (Å²) in [7, 11) is 3.74. The fraction of sp³-hybridized carbons (Fsp3) is 0.433. The van der Waals surface area contributed by atoms with Crippen molar-refractivity contribution in [2.75, 3.05) is 25.6 Å². The van der Waals surface area contributed by atoms with Crippen molar-refractivity contribution in [1.82, 2.24) is 0 Å². The summed E-state index contributed by atoms with van der Waals surface area (Å²) in [5.41, 5.74) is 6.49. The number of methoxy groups -OCH3 is 1. The summed E-state index contributed by atoms with van der Waals surface area (Å²) in [4.78, 5) is 13.5. The Labute approximate surface area is 214 Å². The third kappa shape index (κ3) is 4.23. The number of benzene rings is 2. The lowest BCUT2D eigenvalue weighted by Crippen LogP contribution is -2.28. The van der Waals surface area contributed by atoms with Gasteiger partial charge in [0.25, 0.3) is 5.69 Å². The minimum Gasteiger partial charge on any atom is -0.497 e. The van der Waals surface area contributed by atoms with Gasteiger partial charge in [-0.1, -0.05) is 33.8 Å². The molecule has 0 saturated carbocycles. The van der Waals surface area contributed by atoms with Gasteiger partial charge in [-0.15, -0.1) is 0 Å². The molecule has 2 aliphatic heterocycles. The Hall–Kier alpha value is -3.41. The van der Waals surface area contributed by atoms with E-state index in [2.05, 4.69) is 81.4 Å². The SMILES string of the molecule is COc1ccc2c(c1)C(C)(C)C(=CC=CC1=[N+](C)c3ccc([N+](=O)[O-])cc3C1(C)C)N2CCC(C)C. The van der Waals surface area contributed by atoms with Crippen LogP contribution in [0.3, 0.4) is 0 Å². The number of nitro groups is 1. The van der Waals surface area contributed by atoms with Gasteiger partial charge >= 0.3 is 0 Å². The van der Waals surface area contributed by atoms with Crippen molar-refractivity contribution in [3.05, 3.63) is 81.6 Å². The highest BCUT2D eigenvalue weighted by atomic mass is 16.6. The van der Waals surface area contributed by atoms with E-state index in [0.29, 0.717) is 5.92 Å². The molecule has 2 heterocycles. The summed E-state index contributed by atoms with van der Waals surface area (Å²) in [5, 5.41) is 11.4. The van der Waals surface area contributed by atoms with Gasteiger partial charge in [0.2, 0.25) is 5.69 Å². The predicted molar refractivity (Wildman–Crippen MR) is 147 cm³/mol. The first kappa shape index (κ1) is 25.7. The van der Waals surface area contributed by atoms with Crippen molar-refractivity contribution in [3.8, 4) is 5.75 Å². The number of hydrogen-bond acceptors (Lipinski definition) is 4. The number of nitro benzene ring substituents is 1. The van der Waals surface area contributed by atoms with Crippen LogP contribution in [0.25, 0.3) is 0 Å². The first-order valence-electron chi connectivity index (χ1n) is 12.6. The average Bonchev–Trinajstić information content (AvgIpc) is 3.15. The molecular formula is C30H38N3O3+. The van der Waals surface area contributed by atoms with Crippen LogP contribution in [0.2, 0.25) is 0 Å². The number of allylic oxidation sites excluding steroid dienone is 4. The molecule has 36 heavy (non-hydrogen) atoms. The van der Waals surface area contributed by atoms with Gasteiger partial charge in [-0.2, -0.15) is 4.58 Å². The van der Waals surface area contributed by atoms with E-state index in [9.17, 15) is 10.1 Å². The Balaban J connectivity index is 1.72. The average molecular weight is 489 g/mol. The molecule has 0 N–H and O–H groups in total. The molecule has 0 bridgehead atoms. The lowest BCUT2D eigenvalue weighted by atomic mass is 9.81. The number of anilines is 1. The topological polar surface area (TPSA) is 58.6 Å². The highest BCUT2D eigenvalue weighted by Crippen LogP contribution is 2.49. The second-order valence-electron chi connectivity index (χ2n) is 11.3. The van der Waals surface area contributed by atoms with Crippen molar-refractivity contribution < 1.29 is 14.2 Å². The molecule has 6 nitrogen and oxygen atoms in total. The van der Waals surface area contributed by atoms with Crippen LogP contribution in [0.4, 0.5) is 17.1 Å². The van der Waals surface area contributed by atoms with E-state index >= 15 is 0 Å². The number of nitrogens with zero attached hydrogens (tertiary/aromatic N) is 3. The van der Waals surface area contributed by atoms with Crippen LogP contribution in [-0.2, 0) is 10.8 Å². The molecular weight excluding hydrogens is 450 g/mol. The van der Waals surface area contributed by atoms with E-state index in [-0.39, 0.29) is 21.4 Å². The molecule has 0 aromatic heterocycles. The van der Waals surface area contributed by atoms with Gasteiger partial charge < -0.3 is 9.64 Å². The smallest absolute Gasteiger partial charge is 0.270 e. The van der Waals surface area contributed by atoms with Gasteiger partial charge in [0.15, 0.2) is 5.71 Å². The van der Waals surface area contributed by atoms with E-state index in [4.69, 9.17) is 4.74 Å². The van der Waals surface area contributed by atoms with Crippen LogP contribution in [0, 0.1) is 16.0 Å². The van der Waals surface area contributed by atoms with E-state index < -0.39 is 0 Å². The zero-order chi connectivity index (χ0) is 26.4. The third-order valence-corrected chi connectivity index (χ3v) is 7.76. The molecule has 0 fully saturated rings. The maximum atomic E-state index is 11.4. The first-order valence-corrected chi connectivity index (χ1v) is 12.6. The summed E-state index contributed by atoms with van der Waals surface area (Å²) in [5.74, 6) is 1.48. The van der Waals surface area contributed by atoms with E-state index in [1.807, 2.05) is 19.2 Å². The molecule has 0 saturated heterocycles. The molecule has 4 rings (SSSR count). The Morgan fingerprint density at radius 1 is 1.08 bits per heavy atom. The highest BCUT2D eigenvalue weighted by molar-refractivity contribution is 6.03. The maximum Gasteiger partial charge on any atom is 0.270 e. The van der Waals surface area contributed by atoms with Gasteiger partial charge in [-0.25, -0.2) is 0 Å². The number of hydrogen-bond donors (Lipinski definition) is 0. The molecule has 2 aromatic rings. The normalized spacial score (nSPS) is 18.9. The largest absolute Gasteiger partial charge is 0.497 e. The maximum absolute atomic E-state index is 11.4. The van der Waals surface area contributed by atoms with Crippen molar-refractivity contribution in [2.24, 2.45) is 5.92 Å². The summed E-state index contributed by atoms with van der Waals surface area (Å²) in [6, 6.07) is 11.5. The fourth-order valence-corrected chi connectivity index (χ4v) is 5.58. The summed E-state index contributed by atoms with van der Waals surface area (Å²) in [6.45, 7) is 14.3. The minimum absolute atomic E-state index is 0.129. The number of rotatable bonds is 7. The van der Waals surface area contributed by atoms with Gasteiger partial charge in [0.05, 0.1) is 17.4 Å². The Morgan fingerprint density at radius 3 is 2.44 bits per heavy atom. The summed E-state index contributed by atoms with van der Waals surface area (Å²) < 4.78 is 7.68. The van der Waals surface area contributed by atoms with Crippen LogP contribution >= 0.6 is 0 Å². The summed E-state index contributed by atoms with van der Waals surface area (Å²) in [6.07, 6.45) is 7.62. The molecule has 0 unspecified atom stereocenters. The van der Waals surface area contributed by atoms with Crippen LogP contribution in [-0.4, -0.2) is 35.9 Å². The standard InChI is InChI=1S/C30H38N3O3/c1-20(2)16-17-32-26-15-13-22(36-8)19-24(26)30(5,6)28(32)11-9-10-27-29(3,4)23-18-21(33(34)35)12-14-25(23)31(27)7/h9-15,18-20H,16-17H2,1-8H3/q+1. The fourth-order valence-electron chi connectivity index (χ4n) is 5.58. The van der Waals surface area contributed by atoms with Crippen molar-refractivity contribution in [2.45, 2.75) is 58.8 Å². The van der Waals surface area contributed by atoms with Gasteiger partial charge in [-0.3, -0.25) is 10.1 Å². The number of non-ortho nitro benzene ring substituents is 1. The third-order valence-electron chi connectivity index (χ3n) is 7.76.